The minimum Gasteiger partial charge on any atom is -0.351 e. The fourth-order valence-corrected chi connectivity index (χ4v) is 4.93. The molecule has 3 aromatic rings. The molecule has 0 bridgehead atoms. The lowest BCUT2D eigenvalue weighted by Crippen LogP contribution is -2.42. The number of hydrogen-bond donors (Lipinski definition) is 2. The Hall–Kier alpha value is -2.08. The van der Waals surface area contributed by atoms with Crippen molar-refractivity contribution in [1.29, 1.82) is 0 Å². The zero-order valence-electron chi connectivity index (χ0n) is 17.5. The molecule has 1 aromatic heterocycles. The number of hydrogen-bond acceptors (Lipinski definition) is 3. The average Bonchev–Trinajstić information content (AvgIpc) is 3.37. The summed E-state index contributed by atoms with van der Waals surface area (Å²) in [7, 11) is 0. The van der Waals surface area contributed by atoms with Crippen LogP contribution in [-0.2, 0) is 17.9 Å². The van der Waals surface area contributed by atoms with Gasteiger partial charge in [0, 0.05) is 19.1 Å². The zero-order valence-corrected chi connectivity index (χ0v) is 19.1. The Morgan fingerprint density at radius 2 is 1.77 bits per heavy atom. The summed E-state index contributed by atoms with van der Waals surface area (Å²) in [5.74, 6) is 0.839. The van der Waals surface area contributed by atoms with Gasteiger partial charge in [-0.1, -0.05) is 49.2 Å². The minimum atomic E-state index is -0.0168. The Balaban J connectivity index is 0.00000136. The third-order valence-electron chi connectivity index (χ3n) is 6.55. The van der Waals surface area contributed by atoms with Crippen LogP contribution in [0.1, 0.15) is 43.2 Å². The molecule has 1 amide bonds. The molecule has 2 N–H and O–H groups in total. The molecule has 7 heteroatoms. The van der Waals surface area contributed by atoms with Gasteiger partial charge < -0.3 is 15.2 Å². The summed E-state index contributed by atoms with van der Waals surface area (Å²) in [4.78, 5) is 17.0. The van der Waals surface area contributed by atoms with Gasteiger partial charge in [-0.15, -0.1) is 24.8 Å². The number of para-hydroxylation sites is 2. The van der Waals surface area contributed by atoms with E-state index in [4.69, 9.17) is 0 Å². The normalized spacial score (nSPS) is 22.3. The van der Waals surface area contributed by atoms with Crippen LogP contribution in [0.15, 0.2) is 54.9 Å². The van der Waals surface area contributed by atoms with E-state index in [9.17, 15) is 4.79 Å². The van der Waals surface area contributed by atoms with E-state index in [-0.39, 0.29) is 36.8 Å². The Morgan fingerprint density at radius 3 is 2.58 bits per heavy atom. The van der Waals surface area contributed by atoms with Crippen molar-refractivity contribution in [1.82, 2.24) is 20.2 Å². The lowest BCUT2D eigenvalue weighted by Gasteiger charge is -2.24. The number of rotatable bonds is 5. The van der Waals surface area contributed by atoms with Crippen LogP contribution < -0.4 is 10.6 Å². The van der Waals surface area contributed by atoms with Gasteiger partial charge in [-0.2, -0.15) is 0 Å². The van der Waals surface area contributed by atoms with Crippen LogP contribution in [0.25, 0.3) is 11.0 Å². The number of fused-ring (bicyclic) bond motifs is 2. The number of amides is 1. The third kappa shape index (κ3) is 5.22. The standard InChI is InChI=1S/C24H28N4O.2ClH/c29-24(22-13-19-5-1-2-6-20(19)27-22)25-14-17-9-11-18(12-10-17)15-28-16-26-21-7-3-4-8-23(21)28;;/h3-4,7-12,16,19-20,22,27H,1-2,5-6,13-15H2,(H,25,29);2*1H. The summed E-state index contributed by atoms with van der Waals surface area (Å²) in [5, 5.41) is 6.68. The molecule has 2 fully saturated rings. The van der Waals surface area contributed by atoms with Crippen molar-refractivity contribution in [3.05, 3.63) is 66.0 Å². The van der Waals surface area contributed by atoms with E-state index in [1.165, 1.54) is 31.2 Å². The molecule has 1 aliphatic carbocycles. The highest BCUT2D eigenvalue weighted by Gasteiger charge is 2.37. The first-order chi connectivity index (χ1) is 14.3. The van der Waals surface area contributed by atoms with Gasteiger partial charge in [-0.05, 0) is 48.4 Å². The van der Waals surface area contributed by atoms with Crippen LogP contribution in [0, 0.1) is 5.92 Å². The van der Waals surface area contributed by atoms with Crippen molar-refractivity contribution in [2.75, 3.05) is 0 Å². The van der Waals surface area contributed by atoms with Crippen LogP contribution in [-0.4, -0.2) is 27.5 Å². The van der Waals surface area contributed by atoms with Crippen LogP contribution in [0.4, 0.5) is 0 Å². The van der Waals surface area contributed by atoms with Gasteiger partial charge in [0.05, 0.1) is 23.4 Å². The molecule has 31 heavy (non-hydrogen) atoms. The number of benzene rings is 2. The lowest BCUT2D eigenvalue weighted by atomic mass is 9.85. The first kappa shape index (κ1) is 23.6. The van der Waals surface area contributed by atoms with Crippen LogP contribution in [0.3, 0.4) is 0 Å². The molecule has 3 unspecified atom stereocenters. The zero-order chi connectivity index (χ0) is 19.6. The van der Waals surface area contributed by atoms with E-state index in [1.54, 1.807) is 0 Å². The predicted molar refractivity (Wildman–Crippen MR) is 129 cm³/mol. The molecule has 1 saturated carbocycles. The quantitative estimate of drug-likeness (QED) is 0.590. The van der Waals surface area contributed by atoms with Gasteiger partial charge in [-0.3, -0.25) is 4.79 Å². The molecular formula is C24H30Cl2N4O. The summed E-state index contributed by atoms with van der Waals surface area (Å²) in [6.07, 6.45) is 8.00. The first-order valence-electron chi connectivity index (χ1n) is 10.8. The van der Waals surface area contributed by atoms with Crippen LogP contribution in [0.2, 0.25) is 0 Å². The monoisotopic (exact) mass is 460 g/mol. The molecule has 5 nitrogen and oxygen atoms in total. The topological polar surface area (TPSA) is 59.0 Å². The average molecular weight is 461 g/mol. The Bertz CT molecular complexity index is 990. The van der Waals surface area contributed by atoms with Gasteiger partial charge in [-0.25, -0.2) is 4.98 Å². The van der Waals surface area contributed by atoms with Crippen molar-refractivity contribution >= 4 is 41.8 Å². The molecule has 5 rings (SSSR count). The summed E-state index contributed by atoms with van der Waals surface area (Å²) < 4.78 is 2.16. The van der Waals surface area contributed by atoms with E-state index < -0.39 is 0 Å². The Kier molecular flexibility index (Phi) is 7.98. The summed E-state index contributed by atoms with van der Waals surface area (Å²) in [6, 6.07) is 17.2. The van der Waals surface area contributed by atoms with Crippen LogP contribution >= 0.6 is 24.8 Å². The molecule has 2 aromatic carbocycles. The van der Waals surface area contributed by atoms with Gasteiger partial charge in [0.15, 0.2) is 0 Å². The molecule has 1 aliphatic heterocycles. The molecular weight excluding hydrogens is 431 g/mol. The van der Waals surface area contributed by atoms with E-state index in [2.05, 4.69) is 50.5 Å². The predicted octanol–water partition coefficient (Wildman–Crippen LogP) is 4.47. The summed E-state index contributed by atoms with van der Waals surface area (Å²) >= 11 is 0. The van der Waals surface area contributed by atoms with Crippen molar-refractivity contribution in [3.8, 4) is 0 Å². The number of halogens is 2. The maximum atomic E-state index is 12.6. The highest BCUT2D eigenvalue weighted by atomic mass is 35.5. The van der Waals surface area contributed by atoms with Crippen molar-refractivity contribution in [2.24, 2.45) is 5.92 Å². The van der Waals surface area contributed by atoms with E-state index in [1.807, 2.05) is 24.5 Å². The second kappa shape index (κ2) is 10.5. The number of nitrogens with zero attached hydrogens (tertiary/aromatic N) is 2. The summed E-state index contributed by atoms with van der Waals surface area (Å²) in [5.41, 5.74) is 4.53. The maximum Gasteiger partial charge on any atom is 0.237 e. The van der Waals surface area contributed by atoms with Crippen molar-refractivity contribution < 1.29 is 4.79 Å². The molecule has 3 atom stereocenters. The number of carbonyl (C=O) groups excluding carboxylic acids is 1. The second-order valence-corrected chi connectivity index (χ2v) is 8.50. The first-order valence-corrected chi connectivity index (χ1v) is 10.8. The number of aromatic nitrogens is 2. The number of imidazole rings is 1. The highest BCUT2D eigenvalue weighted by Crippen LogP contribution is 2.33. The fraction of sp³-hybridized carbons (Fsp3) is 0.417. The number of carbonyl (C=O) groups is 1. The third-order valence-corrected chi connectivity index (χ3v) is 6.55. The molecule has 2 heterocycles. The maximum absolute atomic E-state index is 12.6. The van der Waals surface area contributed by atoms with E-state index in [0.29, 0.717) is 18.5 Å². The molecule has 166 valence electrons. The van der Waals surface area contributed by atoms with E-state index in [0.717, 1.165) is 29.6 Å². The van der Waals surface area contributed by atoms with Gasteiger partial charge in [0.1, 0.15) is 0 Å². The van der Waals surface area contributed by atoms with Gasteiger partial charge >= 0.3 is 0 Å². The molecule has 1 saturated heterocycles. The smallest absolute Gasteiger partial charge is 0.237 e. The van der Waals surface area contributed by atoms with E-state index >= 15 is 0 Å². The summed E-state index contributed by atoms with van der Waals surface area (Å²) in [6.45, 7) is 1.38. The SMILES string of the molecule is Cl.Cl.O=C(NCc1ccc(Cn2cnc3ccccc32)cc1)C1CC2CCCCC2N1. The largest absolute Gasteiger partial charge is 0.351 e. The van der Waals surface area contributed by atoms with Crippen molar-refractivity contribution in [2.45, 2.75) is 57.3 Å². The Morgan fingerprint density at radius 1 is 1.03 bits per heavy atom. The lowest BCUT2D eigenvalue weighted by molar-refractivity contribution is -0.123. The molecule has 2 aliphatic rings. The number of nitrogens with one attached hydrogen (secondary N) is 2. The molecule has 0 spiro atoms. The van der Waals surface area contributed by atoms with Gasteiger partial charge in [0.2, 0.25) is 5.91 Å². The highest BCUT2D eigenvalue weighted by molar-refractivity contribution is 5.85. The second-order valence-electron chi connectivity index (χ2n) is 8.50. The van der Waals surface area contributed by atoms with Gasteiger partial charge in [0.25, 0.3) is 0 Å². The Labute approximate surface area is 195 Å². The minimum absolute atomic E-state index is 0. The van der Waals surface area contributed by atoms with Crippen molar-refractivity contribution in [3.63, 3.8) is 0 Å². The van der Waals surface area contributed by atoms with Crippen LogP contribution in [0.5, 0.6) is 0 Å². The molecule has 0 radical (unpaired) electrons. The fourth-order valence-electron chi connectivity index (χ4n) is 4.93.